The van der Waals surface area contributed by atoms with Gasteiger partial charge in [0.2, 0.25) is 0 Å². The molecule has 1 rings (SSSR count). The smallest absolute Gasteiger partial charge is 0.463 e. The van der Waals surface area contributed by atoms with Crippen LogP contribution in [-0.4, -0.2) is 28.4 Å². The zero-order chi connectivity index (χ0) is 18.3. The van der Waals surface area contributed by atoms with E-state index in [0.29, 0.717) is 11.8 Å². The Morgan fingerprint density at radius 3 is 2.33 bits per heavy atom. The van der Waals surface area contributed by atoms with Crippen LogP contribution in [0.3, 0.4) is 0 Å². The van der Waals surface area contributed by atoms with Crippen molar-refractivity contribution in [1.29, 1.82) is 0 Å². The Bertz CT molecular complexity index is 642. The normalized spacial score (nSPS) is 12.0. The molecule has 0 aliphatic heterocycles. The van der Waals surface area contributed by atoms with Gasteiger partial charge >= 0.3 is 17.1 Å². The highest BCUT2D eigenvalue weighted by molar-refractivity contribution is 8.14. The van der Waals surface area contributed by atoms with Crippen molar-refractivity contribution in [2.75, 3.05) is 0 Å². The molecule has 0 N–H and O–H groups in total. The number of ether oxygens (including phenoxy) is 2. The van der Waals surface area contributed by atoms with Crippen LogP contribution >= 0.6 is 11.8 Å². The molecule has 0 spiro atoms. The largest absolute Gasteiger partial charge is 0.519 e. The van der Waals surface area contributed by atoms with Gasteiger partial charge in [-0.1, -0.05) is 0 Å². The van der Waals surface area contributed by atoms with Crippen molar-refractivity contribution in [3.63, 3.8) is 0 Å². The Morgan fingerprint density at radius 2 is 1.79 bits per heavy atom. The standard InChI is InChI=1S/C15H20O8S/c1-8(2)21-13(17)6-5-11(16)10(4)24-15(19)20-7-12-9(3)22-14(18)23-12/h8,10H,5-7H2,1-4H3. The van der Waals surface area contributed by atoms with E-state index < -0.39 is 22.3 Å². The fourth-order valence-corrected chi connectivity index (χ4v) is 2.29. The molecule has 0 aliphatic rings. The van der Waals surface area contributed by atoms with Gasteiger partial charge in [0.25, 0.3) is 0 Å². The lowest BCUT2D eigenvalue weighted by molar-refractivity contribution is -0.148. The van der Waals surface area contributed by atoms with Crippen LogP contribution in [0.15, 0.2) is 13.6 Å². The van der Waals surface area contributed by atoms with Gasteiger partial charge in [0.05, 0.1) is 17.8 Å². The van der Waals surface area contributed by atoms with Crippen LogP contribution in [0.5, 0.6) is 0 Å². The van der Waals surface area contributed by atoms with E-state index in [2.05, 4.69) is 8.83 Å². The van der Waals surface area contributed by atoms with Gasteiger partial charge in [-0.05, 0) is 39.5 Å². The summed E-state index contributed by atoms with van der Waals surface area (Å²) < 4.78 is 19.2. The van der Waals surface area contributed by atoms with Gasteiger partial charge in [-0.3, -0.25) is 9.59 Å². The molecule has 0 saturated carbocycles. The molecular formula is C15H20O8S. The van der Waals surface area contributed by atoms with E-state index in [1.807, 2.05) is 0 Å². The maximum atomic E-state index is 11.9. The Balaban J connectivity index is 2.35. The first-order valence-corrected chi connectivity index (χ1v) is 8.22. The van der Waals surface area contributed by atoms with E-state index >= 15 is 0 Å². The van der Waals surface area contributed by atoms with Crippen molar-refractivity contribution in [2.24, 2.45) is 0 Å². The molecule has 0 fully saturated rings. The summed E-state index contributed by atoms with van der Waals surface area (Å²) in [7, 11) is 0. The number of hydrogen-bond acceptors (Lipinski definition) is 9. The SMILES string of the molecule is Cc1oc(=O)oc1COC(=O)SC(C)C(=O)CCC(=O)OC(C)C. The molecule has 0 aliphatic carbocycles. The minimum absolute atomic E-state index is 0.0112. The van der Waals surface area contributed by atoms with Crippen LogP contribution in [-0.2, 0) is 25.7 Å². The molecule has 1 aromatic heterocycles. The molecule has 0 bridgehead atoms. The first-order chi connectivity index (χ1) is 11.2. The molecule has 24 heavy (non-hydrogen) atoms. The quantitative estimate of drug-likeness (QED) is 0.645. The molecule has 0 saturated heterocycles. The van der Waals surface area contributed by atoms with Gasteiger partial charge in [-0.25, -0.2) is 9.59 Å². The number of aryl methyl sites for hydroxylation is 1. The molecule has 1 atom stereocenters. The Labute approximate surface area is 142 Å². The Kier molecular flexibility index (Phi) is 7.76. The second-order valence-corrected chi connectivity index (χ2v) is 6.51. The number of ketones is 1. The third kappa shape index (κ3) is 7.03. The molecule has 8 nitrogen and oxygen atoms in total. The minimum Gasteiger partial charge on any atom is -0.463 e. The molecule has 0 radical (unpaired) electrons. The summed E-state index contributed by atoms with van der Waals surface area (Å²) in [6.07, 6.45) is -0.278. The van der Waals surface area contributed by atoms with E-state index in [4.69, 9.17) is 9.47 Å². The highest BCUT2D eigenvalue weighted by atomic mass is 32.2. The van der Waals surface area contributed by atoms with Crippen molar-refractivity contribution in [1.82, 2.24) is 0 Å². The zero-order valence-corrected chi connectivity index (χ0v) is 14.8. The maximum absolute atomic E-state index is 11.9. The zero-order valence-electron chi connectivity index (χ0n) is 14.0. The molecule has 9 heteroatoms. The van der Waals surface area contributed by atoms with Crippen molar-refractivity contribution >= 4 is 28.8 Å². The van der Waals surface area contributed by atoms with Crippen molar-refractivity contribution in [3.8, 4) is 0 Å². The summed E-state index contributed by atoms with van der Waals surface area (Å²) >= 11 is 0.692. The van der Waals surface area contributed by atoms with Crippen molar-refractivity contribution < 1.29 is 32.7 Å². The number of thioether (sulfide) groups is 1. The second-order valence-electron chi connectivity index (χ2n) is 5.24. The first kappa shape index (κ1) is 20.0. The summed E-state index contributed by atoms with van der Waals surface area (Å²) in [5.41, 5.74) is 0. The summed E-state index contributed by atoms with van der Waals surface area (Å²) in [6, 6.07) is 0. The van der Waals surface area contributed by atoms with Gasteiger partial charge in [-0.15, -0.1) is 0 Å². The number of carbonyl (C=O) groups excluding carboxylic acids is 3. The monoisotopic (exact) mass is 360 g/mol. The van der Waals surface area contributed by atoms with Crippen LogP contribution in [0.1, 0.15) is 45.1 Å². The van der Waals surface area contributed by atoms with E-state index in [-0.39, 0.29) is 42.9 Å². The number of Topliss-reactive ketones (excluding diaryl/α,β-unsaturated/α-hetero) is 1. The molecule has 1 aromatic rings. The fraction of sp³-hybridized carbons (Fsp3) is 0.600. The lowest BCUT2D eigenvalue weighted by Crippen LogP contribution is -2.19. The number of carbonyl (C=O) groups is 3. The van der Waals surface area contributed by atoms with Gasteiger partial charge in [0.1, 0.15) is 5.78 Å². The van der Waals surface area contributed by atoms with Crippen LogP contribution in [0, 0.1) is 6.92 Å². The summed E-state index contributed by atoms with van der Waals surface area (Å²) in [5, 5.41) is -1.36. The molecule has 1 unspecified atom stereocenters. The van der Waals surface area contributed by atoms with Crippen LogP contribution < -0.4 is 5.82 Å². The predicted octanol–water partition coefficient (Wildman–Crippen LogP) is 2.60. The average Bonchev–Trinajstić information content (AvgIpc) is 2.79. The van der Waals surface area contributed by atoms with Crippen LogP contribution in [0.4, 0.5) is 4.79 Å². The lowest BCUT2D eigenvalue weighted by atomic mass is 10.2. The molecule has 134 valence electrons. The van der Waals surface area contributed by atoms with Gasteiger partial charge in [0.15, 0.2) is 18.1 Å². The van der Waals surface area contributed by atoms with E-state index in [1.165, 1.54) is 6.92 Å². The van der Waals surface area contributed by atoms with Crippen LogP contribution in [0.25, 0.3) is 0 Å². The minimum atomic E-state index is -0.872. The summed E-state index contributed by atoms with van der Waals surface area (Å²) in [6.45, 7) is 6.23. The Hall–Kier alpha value is -2.03. The Morgan fingerprint density at radius 1 is 1.12 bits per heavy atom. The van der Waals surface area contributed by atoms with Crippen LogP contribution in [0.2, 0.25) is 0 Å². The summed E-state index contributed by atoms with van der Waals surface area (Å²) in [4.78, 5) is 45.8. The maximum Gasteiger partial charge on any atom is 0.519 e. The summed E-state index contributed by atoms with van der Waals surface area (Å²) in [5.74, 6) is -1.25. The number of hydrogen-bond donors (Lipinski definition) is 0. The second kappa shape index (κ2) is 9.31. The predicted molar refractivity (Wildman–Crippen MR) is 84.7 cm³/mol. The van der Waals surface area contributed by atoms with Crippen molar-refractivity contribution in [3.05, 3.63) is 22.1 Å². The molecule has 0 amide bonds. The third-order valence-electron chi connectivity index (χ3n) is 2.83. The first-order valence-electron chi connectivity index (χ1n) is 7.34. The highest BCUT2D eigenvalue weighted by Gasteiger charge is 2.21. The van der Waals surface area contributed by atoms with Gasteiger partial charge in [0, 0.05) is 6.42 Å². The van der Waals surface area contributed by atoms with E-state index in [9.17, 15) is 19.2 Å². The fourth-order valence-electron chi connectivity index (χ4n) is 1.63. The number of esters is 1. The van der Waals surface area contributed by atoms with Gasteiger partial charge < -0.3 is 18.3 Å². The number of rotatable bonds is 8. The third-order valence-corrected chi connectivity index (χ3v) is 3.75. The van der Waals surface area contributed by atoms with Crippen molar-refractivity contribution in [2.45, 2.75) is 58.5 Å². The van der Waals surface area contributed by atoms with E-state index in [1.54, 1.807) is 20.8 Å². The van der Waals surface area contributed by atoms with E-state index in [0.717, 1.165) is 0 Å². The topological polar surface area (TPSA) is 113 Å². The average molecular weight is 360 g/mol. The molecule has 0 aromatic carbocycles. The van der Waals surface area contributed by atoms with Gasteiger partial charge in [-0.2, -0.15) is 0 Å². The molecular weight excluding hydrogens is 340 g/mol. The molecule has 1 heterocycles. The lowest BCUT2D eigenvalue weighted by Gasteiger charge is -2.10. The highest BCUT2D eigenvalue weighted by Crippen LogP contribution is 2.18.